The van der Waals surface area contributed by atoms with Crippen LogP contribution in [0.4, 0.5) is 0 Å². The molecule has 1 aromatic carbocycles. The maximum Gasteiger partial charge on any atom is 0.303 e. The predicted molar refractivity (Wildman–Crippen MR) is 65.3 cm³/mol. The highest BCUT2D eigenvalue weighted by molar-refractivity contribution is 7.80. The number of carbonyl (C=O) groups is 1. The van der Waals surface area contributed by atoms with E-state index in [0.717, 1.165) is 11.1 Å². The molecule has 0 atom stereocenters. The molecule has 1 aromatic rings. The molecule has 0 aliphatic rings. The minimum atomic E-state index is -0.761. The third-order valence-corrected chi connectivity index (χ3v) is 2.28. The Morgan fingerprint density at radius 1 is 1.40 bits per heavy atom. The zero-order valence-corrected chi connectivity index (χ0v) is 9.28. The maximum atomic E-state index is 10.5. The van der Waals surface area contributed by atoms with Gasteiger partial charge < -0.3 is 5.11 Å². The monoisotopic (exact) mass is 222 g/mol. The van der Waals surface area contributed by atoms with E-state index in [1.165, 1.54) is 0 Å². The predicted octanol–water partition coefficient (Wildman–Crippen LogP) is 2.65. The third-order valence-electron chi connectivity index (χ3n) is 2.07. The lowest BCUT2D eigenvalue weighted by molar-refractivity contribution is -0.136. The van der Waals surface area contributed by atoms with Gasteiger partial charge in [-0.05, 0) is 17.5 Å². The van der Waals surface area contributed by atoms with Crippen molar-refractivity contribution in [2.24, 2.45) is 0 Å². The van der Waals surface area contributed by atoms with Crippen molar-refractivity contribution in [2.45, 2.75) is 12.8 Å². The van der Waals surface area contributed by atoms with Crippen molar-refractivity contribution in [1.29, 1.82) is 0 Å². The van der Waals surface area contributed by atoms with Gasteiger partial charge in [-0.2, -0.15) is 12.6 Å². The molecule has 0 aliphatic heterocycles. The highest BCUT2D eigenvalue weighted by Crippen LogP contribution is 2.13. The molecule has 0 fully saturated rings. The SMILES string of the molecule is O=C(O)CCc1ccccc1C=CCS. The van der Waals surface area contributed by atoms with Crippen LogP contribution in [0.1, 0.15) is 17.5 Å². The largest absolute Gasteiger partial charge is 0.481 e. The van der Waals surface area contributed by atoms with Crippen LogP contribution in [0.3, 0.4) is 0 Å². The third kappa shape index (κ3) is 4.21. The minimum Gasteiger partial charge on any atom is -0.481 e. The van der Waals surface area contributed by atoms with Gasteiger partial charge in [0.05, 0.1) is 0 Å². The van der Waals surface area contributed by atoms with Gasteiger partial charge in [0.2, 0.25) is 0 Å². The van der Waals surface area contributed by atoms with Crippen molar-refractivity contribution in [3.63, 3.8) is 0 Å². The molecular formula is C12H14O2S. The first-order chi connectivity index (χ1) is 7.24. The number of carboxylic acids is 1. The van der Waals surface area contributed by atoms with Gasteiger partial charge in [-0.25, -0.2) is 0 Å². The molecule has 0 unspecified atom stereocenters. The van der Waals surface area contributed by atoms with E-state index in [9.17, 15) is 4.79 Å². The van der Waals surface area contributed by atoms with Crippen LogP contribution in [-0.4, -0.2) is 16.8 Å². The van der Waals surface area contributed by atoms with Gasteiger partial charge in [0.25, 0.3) is 0 Å². The van der Waals surface area contributed by atoms with Gasteiger partial charge in [-0.15, -0.1) is 0 Å². The van der Waals surface area contributed by atoms with Crippen LogP contribution in [0.2, 0.25) is 0 Å². The summed E-state index contributed by atoms with van der Waals surface area (Å²) in [5.41, 5.74) is 2.14. The van der Waals surface area contributed by atoms with Crippen LogP contribution in [0.15, 0.2) is 30.3 Å². The average molecular weight is 222 g/mol. The fourth-order valence-electron chi connectivity index (χ4n) is 1.35. The Kier molecular flexibility index (Phi) is 4.98. The first-order valence-electron chi connectivity index (χ1n) is 4.81. The fourth-order valence-corrected chi connectivity index (χ4v) is 1.45. The second-order valence-corrected chi connectivity index (χ2v) is 3.54. The highest BCUT2D eigenvalue weighted by atomic mass is 32.1. The molecule has 3 heteroatoms. The molecule has 1 N–H and O–H groups in total. The first-order valence-corrected chi connectivity index (χ1v) is 5.44. The van der Waals surface area contributed by atoms with Crippen LogP contribution in [-0.2, 0) is 11.2 Å². The molecule has 0 saturated heterocycles. The number of rotatable bonds is 5. The lowest BCUT2D eigenvalue weighted by Crippen LogP contribution is -1.98. The maximum absolute atomic E-state index is 10.5. The average Bonchev–Trinajstić information content (AvgIpc) is 2.24. The summed E-state index contributed by atoms with van der Waals surface area (Å²) in [5.74, 6) is -0.0734. The summed E-state index contributed by atoms with van der Waals surface area (Å²) in [6.45, 7) is 0. The summed E-state index contributed by atoms with van der Waals surface area (Å²) in [6.07, 6.45) is 4.67. The number of carboxylic acid groups (broad SMARTS) is 1. The molecule has 0 spiro atoms. The van der Waals surface area contributed by atoms with E-state index < -0.39 is 5.97 Å². The highest BCUT2D eigenvalue weighted by Gasteiger charge is 2.01. The second kappa shape index (κ2) is 6.30. The van der Waals surface area contributed by atoms with Crippen LogP contribution >= 0.6 is 12.6 Å². The van der Waals surface area contributed by atoms with Crippen LogP contribution in [0.25, 0.3) is 6.08 Å². The lowest BCUT2D eigenvalue weighted by Gasteiger charge is -2.03. The summed E-state index contributed by atoms with van der Waals surface area (Å²) in [6, 6.07) is 7.82. The van der Waals surface area contributed by atoms with Gasteiger partial charge >= 0.3 is 5.97 Å². The molecule has 80 valence electrons. The normalized spacial score (nSPS) is 10.7. The number of benzene rings is 1. The van der Waals surface area contributed by atoms with E-state index in [-0.39, 0.29) is 6.42 Å². The topological polar surface area (TPSA) is 37.3 Å². The van der Waals surface area contributed by atoms with Crippen LogP contribution < -0.4 is 0 Å². The molecule has 0 radical (unpaired) electrons. The number of hydrogen-bond acceptors (Lipinski definition) is 2. The van der Waals surface area contributed by atoms with Crippen molar-refractivity contribution < 1.29 is 9.90 Å². The summed E-state index contributed by atoms with van der Waals surface area (Å²) < 4.78 is 0. The molecule has 0 bridgehead atoms. The molecule has 0 aromatic heterocycles. The van der Waals surface area contributed by atoms with Gasteiger partial charge in [-0.1, -0.05) is 36.4 Å². The first kappa shape index (κ1) is 11.9. The lowest BCUT2D eigenvalue weighted by atomic mass is 10.0. The van der Waals surface area contributed by atoms with Crippen LogP contribution in [0.5, 0.6) is 0 Å². The minimum absolute atomic E-state index is 0.172. The number of thiol groups is 1. The van der Waals surface area contributed by atoms with Gasteiger partial charge in [0.1, 0.15) is 0 Å². The molecule has 0 aliphatic carbocycles. The molecule has 1 rings (SSSR count). The van der Waals surface area contributed by atoms with Gasteiger partial charge in [-0.3, -0.25) is 4.79 Å². The van der Waals surface area contributed by atoms with E-state index in [2.05, 4.69) is 12.6 Å². The summed E-state index contributed by atoms with van der Waals surface area (Å²) in [4.78, 5) is 10.5. The standard InChI is InChI=1S/C12H14O2S/c13-12(14)8-7-11-5-2-1-4-10(11)6-3-9-15/h1-6,15H,7-9H2,(H,13,14). The summed E-state index contributed by atoms with van der Waals surface area (Å²) >= 11 is 4.09. The zero-order chi connectivity index (χ0) is 11.1. The number of hydrogen-bond donors (Lipinski definition) is 2. The Labute approximate surface area is 95.0 Å². The molecule has 0 saturated carbocycles. The zero-order valence-electron chi connectivity index (χ0n) is 8.39. The van der Waals surface area contributed by atoms with E-state index in [1.807, 2.05) is 36.4 Å². The number of aliphatic carboxylic acids is 1. The van der Waals surface area contributed by atoms with E-state index >= 15 is 0 Å². The molecule has 15 heavy (non-hydrogen) atoms. The van der Waals surface area contributed by atoms with Gasteiger partial charge in [0, 0.05) is 12.2 Å². The Morgan fingerprint density at radius 2 is 2.13 bits per heavy atom. The summed E-state index contributed by atoms with van der Waals surface area (Å²) in [5, 5.41) is 8.61. The van der Waals surface area contributed by atoms with Crippen LogP contribution in [0, 0.1) is 0 Å². The van der Waals surface area contributed by atoms with Crippen molar-refractivity contribution in [2.75, 3.05) is 5.75 Å². The van der Waals surface area contributed by atoms with Crippen molar-refractivity contribution >= 4 is 24.7 Å². The second-order valence-electron chi connectivity index (χ2n) is 3.18. The summed E-state index contributed by atoms with van der Waals surface area (Å²) in [7, 11) is 0. The molecule has 0 amide bonds. The Morgan fingerprint density at radius 3 is 2.80 bits per heavy atom. The molecule has 0 heterocycles. The Hall–Kier alpha value is -1.22. The van der Waals surface area contributed by atoms with E-state index in [1.54, 1.807) is 0 Å². The van der Waals surface area contributed by atoms with Crippen molar-refractivity contribution in [3.05, 3.63) is 41.5 Å². The Bertz CT molecular complexity index is 358. The fraction of sp³-hybridized carbons (Fsp3) is 0.250. The smallest absolute Gasteiger partial charge is 0.303 e. The van der Waals surface area contributed by atoms with E-state index in [4.69, 9.17) is 5.11 Å². The van der Waals surface area contributed by atoms with Gasteiger partial charge in [0.15, 0.2) is 0 Å². The van der Waals surface area contributed by atoms with Crippen molar-refractivity contribution in [3.8, 4) is 0 Å². The quantitative estimate of drug-likeness (QED) is 0.751. The molecular weight excluding hydrogens is 208 g/mol. The van der Waals surface area contributed by atoms with E-state index in [0.29, 0.717) is 12.2 Å². The Balaban J connectivity index is 2.76. The number of aryl methyl sites for hydroxylation is 1. The van der Waals surface area contributed by atoms with Crippen molar-refractivity contribution in [1.82, 2.24) is 0 Å². The molecule has 2 nitrogen and oxygen atoms in total.